The fourth-order valence-corrected chi connectivity index (χ4v) is 3.95. The van der Waals surface area contributed by atoms with Crippen LogP contribution in [0, 0.1) is 0 Å². The van der Waals surface area contributed by atoms with Gasteiger partial charge in [0.2, 0.25) is 0 Å². The third kappa shape index (κ3) is 6.93. The van der Waals surface area contributed by atoms with E-state index in [0.29, 0.717) is 41.3 Å². The molecule has 0 aliphatic carbocycles. The Morgan fingerprint density at radius 1 is 1.09 bits per heavy atom. The average Bonchev–Trinajstić information content (AvgIpc) is 2.81. The Hall–Kier alpha value is -3.16. The third-order valence-corrected chi connectivity index (χ3v) is 5.53. The number of thioether (sulfide) groups is 1. The van der Waals surface area contributed by atoms with Crippen molar-refractivity contribution >= 4 is 35.1 Å². The summed E-state index contributed by atoms with van der Waals surface area (Å²) in [5, 5.41) is 3.86. The summed E-state index contributed by atoms with van der Waals surface area (Å²) in [5.41, 5.74) is 2.54. The van der Waals surface area contributed by atoms with Crippen LogP contribution >= 0.6 is 23.4 Å². The van der Waals surface area contributed by atoms with Gasteiger partial charge in [0.15, 0.2) is 5.16 Å². The second kappa shape index (κ2) is 12.0. The van der Waals surface area contributed by atoms with Crippen LogP contribution in [-0.2, 0) is 12.3 Å². The van der Waals surface area contributed by atoms with Gasteiger partial charge in [-0.2, -0.15) is 0 Å². The summed E-state index contributed by atoms with van der Waals surface area (Å²) in [4.78, 5) is 27.5. The summed E-state index contributed by atoms with van der Waals surface area (Å²) >= 11 is 7.69. The number of nitrogens with zero attached hydrogens (tertiary/aromatic N) is 4. The number of anilines is 1. The van der Waals surface area contributed by atoms with Crippen molar-refractivity contribution in [1.29, 1.82) is 0 Å². The van der Waals surface area contributed by atoms with Crippen LogP contribution in [0.4, 0.5) is 5.82 Å². The number of hydrogen-bond donors (Lipinski definition) is 1. The van der Waals surface area contributed by atoms with Crippen molar-refractivity contribution in [3.8, 4) is 0 Å². The maximum Gasteiger partial charge on any atom is 0.251 e. The van der Waals surface area contributed by atoms with E-state index >= 15 is 0 Å². The van der Waals surface area contributed by atoms with Gasteiger partial charge >= 0.3 is 0 Å². The molecule has 0 bridgehead atoms. The average molecular weight is 466 g/mol. The van der Waals surface area contributed by atoms with Gasteiger partial charge in [0.05, 0.1) is 0 Å². The van der Waals surface area contributed by atoms with E-state index in [1.165, 1.54) is 11.8 Å². The highest BCUT2D eigenvalue weighted by molar-refractivity contribution is 7.98. The van der Waals surface area contributed by atoms with Crippen molar-refractivity contribution in [2.45, 2.75) is 17.5 Å². The van der Waals surface area contributed by atoms with Crippen LogP contribution in [0.3, 0.4) is 0 Å². The van der Waals surface area contributed by atoms with Crippen molar-refractivity contribution in [3.05, 3.63) is 102 Å². The smallest absolute Gasteiger partial charge is 0.251 e. The molecule has 0 aliphatic heterocycles. The number of hydrogen-bond acceptors (Lipinski definition) is 6. The molecule has 0 unspecified atom stereocenters. The van der Waals surface area contributed by atoms with Crippen LogP contribution in [-0.4, -0.2) is 33.9 Å². The number of carbonyl (C=O) groups is 1. The maximum atomic E-state index is 12.5. The Morgan fingerprint density at radius 3 is 2.59 bits per heavy atom. The van der Waals surface area contributed by atoms with E-state index in [0.717, 1.165) is 16.9 Å². The predicted octanol–water partition coefficient (Wildman–Crippen LogP) is 4.93. The molecule has 0 radical (unpaired) electrons. The molecule has 1 aromatic carbocycles. The van der Waals surface area contributed by atoms with Gasteiger partial charge in [0.1, 0.15) is 11.0 Å². The number of halogens is 1. The molecule has 1 amide bonds. The van der Waals surface area contributed by atoms with Gasteiger partial charge in [-0.15, -0.1) is 13.2 Å². The molecule has 0 fully saturated rings. The van der Waals surface area contributed by atoms with Gasteiger partial charge < -0.3 is 10.2 Å². The normalized spacial score (nSPS) is 10.4. The minimum atomic E-state index is -0.133. The van der Waals surface area contributed by atoms with Crippen molar-refractivity contribution in [2.24, 2.45) is 0 Å². The van der Waals surface area contributed by atoms with Crippen LogP contribution in [0.25, 0.3) is 0 Å². The highest BCUT2D eigenvalue weighted by Crippen LogP contribution is 2.25. The second-order valence-electron chi connectivity index (χ2n) is 6.85. The molecule has 1 N–H and O–H groups in total. The van der Waals surface area contributed by atoms with Gasteiger partial charge in [0.25, 0.3) is 5.91 Å². The Morgan fingerprint density at radius 2 is 1.88 bits per heavy atom. The minimum Gasteiger partial charge on any atom is -0.349 e. The lowest BCUT2D eigenvalue weighted by atomic mass is 10.1. The highest BCUT2D eigenvalue weighted by Gasteiger charge is 2.11. The van der Waals surface area contributed by atoms with Crippen LogP contribution in [0.1, 0.15) is 21.5 Å². The largest absolute Gasteiger partial charge is 0.349 e. The summed E-state index contributed by atoms with van der Waals surface area (Å²) in [7, 11) is 0. The fourth-order valence-electron chi connectivity index (χ4n) is 2.92. The zero-order valence-electron chi connectivity index (χ0n) is 17.6. The zero-order valence-corrected chi connectivity index (χ0v) is 19.1. The van der Waals surface area contributed by atoms with Gasteiger partial charge in [0, 0.05) is 49.4 Å². The Balaban J connectivity index is 1.65. The van der Waals surface area contributed by atoms with E-state index in [4.69, 9.17) is 11.6 Å². The Bertz CT molecular complexity index is 1070. The van der Waals surface area contributed by atoms with Gasteiger partial charge in [-0.3, -0.25) is 9.78 Å². The molecule has 32 heavy (non-hydrogen) atoms. The molecule has 0 saturated heterocycles. The quantitative estimate of drug-likeness (QED) is 0.187. The summed E-state index contributed by atoms with van der Waals surface area (Å²) in [5.74, 6) is 1.19. The van der Waals surface area contributed by atoms with E-state index in [9.17, 15) is 4.79 Å². The van der Waals surface area contributed by atoms with Crippen molar-refractivity contribution in [2.75, 3.05) is 18.0 Å². The molecule has 2 aromatic heterocycles. The van der Waals surface area contributed by atoms with Crippen molar-refractivity contribution in [3.63, 3.8) is 0 Å². The zero-order chi connectivity index (χ0) is 22.8. The molecule has 3 rings (SSSR count). The maximum absolute atomic E-state index is 12.5. The topological polar surface area (TPSA) is 71.0 Å². The third-order valence-electron chi connectivity index (χ3n) is 4.42. The minimum absolute atomic E-state index is 0.133. The standard InChI is InChI=1S/C24H24ClN5OS/c1-3-11-30(12-4-2)22-14-21(25)28-24(29-22)32-17-18-7-5-9-20(13-18)23(31)27-16-19-8-6-10-26-15-19/h3-10,13-15H,1-2,11-12,16-17H2,(H,27,31). The molecule has 0 atom stereocenters. The van der Waals surface area contributed by atoms with Crippen molar-refractivity contribution < 1.29 is 4.79 Å². The van der Waals surface area contributed by atoms with E-state index in [2.05, 4.69) is 33.4 Å². The first-order valence-corrected chi connectivity index (χ1v) is 11.4. The van der Waals surface area contributed by atoms with Crippen molar-refractivity contribution in [1.82, 2.24) is 20.3 Å². The predicted molar refractivity (Wildman–Crippen MR) is 131 cm³/mol. The van der Waals surface area contributed by atoms with Crippen LogP contribution in [0.5, 0.6) is 0 Å². The number of amides is 1. The lowest BCUT2D eigenvalue weighted by Gasteiger charge is -2.20. The highest BCUT2D eigenvalue weighted by atomic mass is 35.5. The molecular formula is C24H24ClN5OS. The summed E-state index contributed by atoms with van der Waals surface area (Å²) in [6.45, 7) is 9.25. The van der Waals surface area contributed by atoms with E-state index in [1.54, 1.807) is 36.7 Å². The van der Waals surface area contributed by atoms with E-state index < -0.39 is 0 Å². The number of carbonyl (C=O) groups excluding carboxylic acids is 1. The summed E-state index contributed by atoms with van der Waals surface area (Å²) < 4.78 is 0. The van der Waals surface area contributed by atoms with E-state index in [1.807, 2.05) is 35.2 Å². The molecule has 2 heterocycles. The number of pyridine rings is 1. The summed E-state index contributed by atoms with van der Waals surface area (Å²) in [6.07, 6.45) is 7.04. The van der Waals surface area contributed by atoms with E-state index in [-0.39, 0.29) is 5.91 Å². The SMILES string of the molecule is C=CCN(CC=C)c1cc(Cl)nc(SCc2cccc(C(=O)NCc3cccnc3)c2)n1. The molecule has 164 valence electrons. The van der Waals surface area contributed by atoms with Gasteiger partial charge in [-0.1, -0.05) is 53.7 Å². The molecular weight excluding hydrogens is 442 g/mol. The fraction of sp³-hybridized carbons (Fsp3) is 0.167. The summed E-state index contributed by atoms with van der Waals surface area (Å²) in [6, 6.07) is 13.0. The number of rotatable bonds is 11. The first kappa shape index (κ1) is 23.5. The number of nitrogens with one attached hydrogen (secondary N) is 1. The van der Waals surface area contributed by atoms with Crippen LogP contribution in [0.2, 0.25) is 5.15 Å². The second-order valence-corrected chi connectivity index (χ2v) is 8.18. The number of aromatic nitrogens is 3. The van der Waals surface area contributed by atoms with Crippen LogP contribution in [0.15, 0.2) is 85.3 Å². The van der Waals surface area contributed by atoms with Gasteiger partial charge in [-0.05, 0) is 29.3 Å². The molecule has 6 nitrogen and oxygen atoms in total. The first-order valence-electron chi connectivity index (χ1n) is 9.99. The molecule has 0 saturated carbocycles. The lowest BCUT2D eigenvalue weighted by molar-refractivity contribution is 0.0951. The van der Waals surface area contributed by atoms with Gasteiger partial charge in [-0.25, -0.2) is 9.97 Å². The molecule has 8 heteroatoms. The number of benzene rings is 1. The monoisotopic (exact) mass is 465 g/mol. The Labute approximate surface area is 197 Å². The molecule has 3 aromatic rings. The van der Waals surface area contributed by atoms with Crippen LogP contribution < -0.4 is 10.2 Å². The Kier molecular flexibility index (Phi) is 8.83. The molecule has 0 aliphatic rings. The lowest BCUT2D eigenvalue weighted by Crippen LogP contribution is -2.24. The molecule has 0 spiro atoms. The first-order chi connectivity index (χ1) is 15.6.